The molecule has 1 aliphatic rings. The van der Waals surface area contributed by atoms with E-state index in [1.54, 1.807) is 20.8 Å². The quantitative estimate of drug-likeness (QED) is 0.565. The Morgan fingerprint density at radius 3 is 2.20 bits per heavy atom. The fraction of sp³-hybridized carbons (Fsp3) is 0.800. The van der Waals surface area contributed by atoms with E-state index in [1.807, 2.05) is 0 Å². The van der Waals surface area contributed by atoms with E-state index in [0.717, 1.165) is 11.5 Å². The Balaban J connectivity index is 2.81. The number of hydrogen-bond acceptors (Lipinski definition) is 3. The zero-order valence-electron chi connectivity index (χ0n) is 9.32. The molecule has 0 saturated heterocycles. The number of rotatable bonds is 4. The van der Waals surface area contributed by atoms with Crippen molar-refractivity contribution in [2.45, 2.75) is 51.2 Å². The molecule has 1 saturated carbocycles. The highest BCUT2D eigenvalue weighted by Gasteiger charge is 2.51. The van der Waals surface area contributed by atoms with Gasteiger partial charge in [-0.15, -0.1) is 0 Å². The summed E-state index contributed by atoms with van der Waals surface area (Å²) in [6, 6.07) is 0. The Morgan fingerprint density at radius 1 is 1.47 bits per heavy atom. The minimum absolute atomic E-state index is 0.456. The molecule has 86 valence electrons. The van der Waals surface area contributed by atoms with Crippen molar-refractivity contribution in [2.24, 2.45) is 0 Å². The lowest BCUT2D eigenvalue weighted by molar-refractivity contribution is -0.268. The van der Waals surface area contributed by atoms with Gasteiger partial charge in [-0.1, -0.05) is 0 Å². The number of hydrogen-bond donors (Lipinski definition) is 1. The average molecular weight is 215 g/mol. The van der Waals surface area contributed by atoms with Crippen LogP contribution in [0.15, 0.2) is 0 Å². The number of carboxylic acid groups (broad SMARTS) is 1. The van der Waals surface area contributed by atoms with Gasteiger partial charge in [0.05, 0.1) is 5.60 Å². The fourth-order valence-electron chi connectivity index (χ4n) is 1.55. The van der Waals surface area contributed by atoms with Crippen LogP contribution in [0, 0.1) is 0 Å². The second kappa shape index (κ2) is 3.81. The summed E-state index contributed by atoms with van der Waals surface area (Å²) < 4.78 is 0. The van der Waals surface area contributed by atoms with Gasteiger partial charge >= 0.3 is 5.97 Å². The molecule has 0 spiro atoms. The summed E-state index contributed by atoms with van der Waals surface area (Å²) in [5, 5.41) is 10.1. The van der Waals surface area contributed by atoms with E-state index in [0.29, 0.717) is 19.3 Å². The van der Waals surface area contributed by atoms with E-state index in [4.69, 9.17) is 9.94 Å². The van der Waals surface area contributed by atoms with Crippen LogP contribution >= 0.6 is 0 Å². The Hall–Kier alpha value is -1.10. The third-order valence-corrected chi connectivity index (χ3v) is 2.47. The summed E-state index contributed by atoms with van der Waals surface area (Å²) in [5.74, 6) is -0.995. The molecule has 0 aliphatic heterocycles. The maximum atomic E-state index is 11.1. The summed E-state index contributed by atoms with van der Waals surface area (Å²) in [5.41, 5.74) is -1.71. The number of nitrogens with zero attached hydrogens (tertiary/aromatic N) is 1. The van der Waals surface area contributed by atoms with Gasteiger partial charge < -0.3 is 5.11 Å². The van der Waals surface area contributed by atoms with Crippen molar-refractivity contribution in [3.05, 3.63) is 0 Å². The van der Waals surface area contributed by atoms with Crippen molar-refractivity contribution in [1.82, 2.24) is 5.06 Å². The molecule has 5 heteroatoms. The highest BCUT2D eigenvalue weighted by Crippen LogP contribution is 2.38. The molecule has 15 heavy (non-hydrogen) atoms. The van der Waals surface area contributed by atoms with Gasteiger partial charge in [-0.25, -0.2) is 9.86 Å². The van der Waals surface area contributed by atoms with Crippen molar-refractivity contribution in [3.8, 4) is 0 Å². The van der Waals surface area contributed by atoms with Crippen LogP contribution < -0.4 is 0 Å². The normalized spacial score (nSPS) is 19.1. The largest absolute Gasteiger partial charge is 0.479 e. The molecule has 1 fully saturated rings. The zero-order valence-corrected chi connectivity index (χ0v) is 9.32. The van der Waals surface area contributed by atoms with Crippen molar-refractivity contribution < 1.29 is 19.5 Å². The topological polar surface area (TPSA) is 66.8 Å². The second-order valence-corrected chi connectivity index (χ2v) is 4.83. The summed E-state index contributed by atoms with van der Waals surface area (Å²) in [6.45, 7) is 5.33. The highest BCUT2D eigenvalue weighted by molar-refractivity contribution is 5.82. The van der Waals surface area contributed by atoms with Gasteiger partial charge in [-0.3, -0.25) is 9.63 Å². The molecular formula is C10H17NO4. The molecule has 0 bridgehead atoms. The van der Waals surface area contributed by atoms with Gasteiger partial charge in [-0.2, -0.15) is 0 Å². The maximum Gasteiger partial charge on any atom is 0.332 e. The molecule has 0 aromatic heterocycles. The van der Waals surface area contributed by atoms with E-state index < -0.39 is 17.1 Å². The molecule has 1 aliphatic carbocycles. The number of carbonyl (C=O) groups is 2. The van der Waals surface area contributed by atoms with Crippen LogP contribution in [0.5, 0.6) is 0 Å². The molecule has 0 radical (unpaired) electrons. The standard InChI is InChI=1S/C10H17NO4/c1-9(2,3)15-11(7-12)10(8(13)14)5-4-6-10/h7H,4-6H2,1-3H3,(H,13,14). The van der Waals surface area contributed by atoms with E-state index in [1.165, 1.54) is 0 Å². The van der Waals surface area contributed by atoms with Crippen molar-refractivity contribution in [2.75, 3.05) is 0 Å². The van der Waals surface area contributed by atoms with Crippen molar-refractivity contribution in [3.63, 3.8) is 0 Å². The highest BCUT2D eigenvalue weighted by atomic mass is 16.7. The first-order valence-corrected chi connectivity index (χ1v) is 4.99. The lowest BCUT2D eigenvalue weighted by atomic mass is 9.76. The van der Waals surface area contributed by atoms with E-state index >= 15 is 0 Å². The van der Waals surface area contributed by atoms with Gasteiger partial charge in [-0.05, 0) is 40.0 Å². The molecule has 0 atom stereocenters. The molecule has 1 N–H and O–H groups in total. The first-order chi connectivity index (χ1) is 6.82. The van der Waals surface area contributed by atoms with Crippen molar-refractivity contribution >= 4 is 12.4 Å². The van der Waals surface area contributed by atoms with Crippen LogP contribution in [0.2, 0.25) is 0 Å². The summed E-state index contributed by atoms with van der Waals surface area (Å²) in [4.78, 5) is 27.3. The SMILES string of the molecule is CC(C)(C)ON(C=O)C1(C(=O)O)CCC1. The van der Waals surface area contributed by atoms with Crippen LogP contribution in [0.4, 0.5) is 0 Å². The van der Waals surface area contributed by atoms with Gasteiger partial charge in [0.2, 0.25) is 6.41 Å². The number of amides is 1. The third kappa shape index (κ3) is 2.28. The van der Waals surface area contributed by atoms with Gasteiger partial charge in [0, 0.05) is 0 Å². The summed E-state index contributed by atoms with van der Waals surface area (Å²) in [6.07, 6.45) is 2.18. The molecular weight excluding hydrogens is 198 g/mol. The number of carbonyl (C=O) groups excluding carboxylic acids is 1. The predicted octanol–water partition coefficient (Wildman–Crippen LogP) is 1.18. The first kappa shape index (κ1) is 12.0. The maximum absolute atomic E-state index is 11.1. The average Bonchev–Trinajstić information content (AvgIpc) is 1.97. The molecule has 0 heterocycles. The van der Waals surface area contributed by atoms with Gasteiger partial charge in [0.25, 0.3) is 0 Å². The lowest BCUT2D eigenvalue weighted by Crippen LogP contribution is -2.60. The smallest absolute Gasteiger partial charge is 0.332 e. The van der Waals surface area contributed by atoms with E-state index in [9.17, 15) is 9.59 Å². The molecule has 0 aromatic rings. The molecule has 1 rings (SSSR count). The Labute approximate surface area is 89.0 Å². The summed E-state index contributed by atoms with van der Waals surface area (Å²) in [7, 11) is 0. The summed E-state index contributed by atoms with van der Waals surface area (Å²) >= 11 is 0. The second-order valence-electron chi connectivity index (χ2n) is 4.83. The van der Waals surface area contributed by atoms with Crippen LogP contribution in [0.25, 0.3) is 0 Å². The molecule has 0 aromatic carbocycles. The fourth-order valence-corrected chi connectivity index (χ4v) is 1.55. The van der Waals surface area contributed by atoms with Gasteiger partial charge in [0.1, 0.15) is 0 Å². The molecule has 5 nitrogen and oxygen atoms in total. The van der Waals surface area contributed by atoms with Crippen LogP contribution in [-0.2, 0) is 14.4 Å². The monoisotopic (exact) mass is 215 g/mol. The third-order valence-electron chi connectivity index (χ3n) is 2.47. The minimum atomic E-state index is -1.14. The van der Waals surface area contributed by atoms with E-state index in [-0.39, 0.29) is 0 Å². The molecule has 1 amide bonds. The van der Waals surface area contributed by atoms with E-state index in [2.05, 4.69) is 0 Å². The zero-order chi connectivity index (χ0) is 11.7. The lowest BCUT2D eigenvalue weighted by Gasteiger charge is -2.45. The minimum Gasteiger partial charge on any atom is -0.479 e. The van der Waals surface area contributed by atoms with Crippen LogP contribution in [0.1, 0.15) is 40.0 Å². The Bertz CT molecular complexity index is 265. The number of aliphatic carboxylic acids is 1. The van der Waals surface area contributed by atoms with Crippen LogP contribution in [0.3, 0.4) is 0 Å². The first-order valence-electron chi connectivity index (χ1n) is 4.99. The Morgan fingerprint density at radius 2 is 2.00 bits per heavy atom. The number of carboxylic acids is 1. The van der Waals surface area contributed by atoms with Gasteiger partial charge in [0.15, 0.2) is 5.54 Å². The Kier molecular flexibility index (Phi) is 3.04. The predicted molar refractivity (Wildman–Crippen MR) is 53.0 cm³/mol. The number of hydroxylamine groups is 2. The molecule has 0 unspecified atom stereocenters. The van der Waals surface area contributed by atoms with Crippen LogP contribution in [-0.4, -0.2) is 33.7 Å². The van der Waals surface area contributed by atoms with Crippen molar-refractivity contribution in [1.29, 1.82) is 0 Å².